The lowest BCUT2D eigenvalue weighted by Gasteiger charge is -2.18. The monoisotopic (exact) mass is 280 g/mol. The Morgan fingerprint density at radius 1 is 1.00 bits per heavy atom. The first-order chi connectivity index (χ1) is 10.2. The molecule has 2 aromatic carbocycles. The largest absolute Gasteiger partial charge is 0.463 e. The van der Waals surface area contributed by atoms with Gasteiger partial charge in [0.2, 0.25) is 0 Å². The van der Waals surface area contributed by atoms with Crippen molar-refractivity contribution in [2.45, 2.75) is 19.3 Å². The van der Waals surface area contributed by atoms with Crippen LogP contribution in [0.15, 0.2) is 72.8 Å². The minimum absolute atomic E-state index is 0.115. The van der Waals surface area contributed by atoms with Gasteiger partial charge in [-0.2, -0.15) is 0 Å². The van der Waals surface area contributed by atoms with Crippen LogP contribution in [0.1, 0.15) is 30.4 Å². The van der Waals surface area contributed by atoms with Crippen molar-refractivity contribution in [2.75, 3.05) is 6.61 Å². The summed E-state index contributed by atoms with van der Waals surface area (Å²) >= 11 is 0. The second kappa shape index (κ2) is 7.44. The maximum absolute atomic E-state index is 11.8. The third-order valence-corrected chi connectivity index (χ3v) is 3.42. The van der Waals surface area contributed by atoms with Gasteiger partial charge in [0.1, 0.15) is 0 Å². The number of ether oxygens (including phenoxy) is 1. The van der Waals surface area contributed by atoms with E-state index >= 15 is 0 Å². The summed E-state index contributed by atoms with van der Waals surface area (Å²) in [6, 6.07) is 20.4. The van der Waals surface area contributed by atoms with Gasteiger partial charge < -0.3 is 4.74 Å². The molecule has 0 aliphatic heterocycles. The molecule has 0 amide bonds. The summed E-state index contributed by atoms with van der Waals surface area (Å²) in [6.45, 7) is 6.07. The van der Waals surface area contributed by atoms with E-state index in [2.05, 4.69) is 30.8 Å². The fourth-order valence-corrected chi connectivity index (χ4v) is 2.36. The predicted octanol–water partition coefficient (Wildman–Crippen LogP) is 4.33. The molecule has 0 unspecified atom stereocenters. The van der Waals surface area contributed by atoms with Gasteiger partial charge in [-0.15, -0.1) is 0 Å². The highest BCUT2D eigenvalue weighted by Crippen LogP contribution is 2.30. The summed E-state index contributed by atoms with van der Waals surface area (Å²) in [4.78, 5) is 11.8. The highest BCUT2D eigenvalue weighted by molar-refractivity contribution is 5.87. The van der Waals surface area contributed by atoms with Crippen LogP contribution in [0.4, 0.5) is 0 Å². The van der Waals surface area contributed by atoms with Crippen molar-refractivity contribution in [3.05, 3.63) is 83.9 Å². The number of esters is 1. The molecule has 0 aliphatic rings. The molecule has 108 valence electrons. The second-order valence-corrected chi connectivity index (χ2v) is 4.90. The average molecular weight is 280 g/mol. The van der Waals surface area contributed by atoms with E-state index in [4.69, 9.17) is 4.74 Å². The summed E-state index contributed by atoms with van der Waals surface area (Å²) in [5, 5.41) is 0. The molecule has 0 fully saturated rings. The minimum atomic E-state index is -0.311. The quantitative estimate of drug-likeness (QED) is 0.581. The van der Waals surface area contributed by atoms with Crippen LogP contribution in [0.5, 0.6) is 0 Å². The number of hydrogen-bond donors (Lipinski definition) is 0. The van der Waals surface area contributed by atoms with Crippen molar-refractivity contribution in [2.24, 2.45) is 0 Å². The standard InChI is InChI=1S/C19H20O2/c1-3-21-19(20)15(2)14-18(16-10-6-4-7-11-16)17-12-8-5-9-13-17/h4-13,18H,2-3,14H2,1H3. The molecule has 2 aromatic rings. The molecule has 0 saturated heterocycles. The molecular weight excluding hydrogens is 260 g/mol. The zero-order chi connectivity index (χ0) is 15.1. The lowest BCUT2D eigenvalue weighted by atomic mass is 9.86. The molecule has 0 radical (unpaired) electrons. The fourth-order valence-electron chi connectivity index (χ4n) is 2.36. The van der Waals surface area contributed by atoms with E-state index in [9.17, 15) is 4.79 Å². The van der Waals surface area contributed by atoms with Crippen LogP contribution in [-0.2, 0) is 9.53 Å². The molecule has 0 saturated carbocycles. The van der Waals surface area contributed by atoms with Crippen LogP contribution in [0.25, 0.3) is 0 Å². The van der Waals surface area contributed by atoms with Gasteiger partial charge in [-0.05, 0) is 24.5 Å². The van der Waals surface area contributed by atoms with Crippen LogP contribution in [0.2, 0.25) is 0 Å². The predicted molar refractivity (Wildman–Crippen MR) is 85.1 cm³/mol. The first-order valence-corrected chi connectivity index (χ1v) is 7.17. The summed E-state index contributed by atoms with van der Waals surface area (Å²) in [7, 11) is 0. The Balaban J connectivity index is 2.25. The minimum Gasteiger partial charge on any atom is -0.463 e. The summed E-state index contributed by atoms with van der Waals surface area (Å²) < 4.78 is 5.04. The van der Waals surface area contributed by atoms with E-state index in [1.165, 1.54) is 11.1 Å². The Kier molecular flexibility index (Phi) is 5.33. The Hall–Kier alpha value is -2.35. The Morgan fingerprint density at radius 2 is 1.48 bits per heavy atom. The van der Waals surface area contributed by atoms with Gasteiger partial charge in [0.05, 0.1) is 6.61 Å². The van der Waals surface area contributed by atoms with Gasteiger partial charge in [0.25, 0.3) is 0 Å². The summed E-state index contributed by atoms with van der Waals surface area (Å²) in [5.74, 6) is -0.196. The van der Waals surface area contributed by atoms with Crippen LogP contribution < -0.4 is 0 Å². The molecule has 21 heavy (non-hydrogen) atoms. The van der Waals surface area contributed by atoms with Crippen molar-refractivity contribution in [3.8, 4) is 0 Å². The lowest BCUT2D eigenvalue weighted by Crippen LogP contribution is -2.11. The molecule has 2 rings (SSSR count). The van der Waals surface area contributed by atoms with Crippen molar-refractivity contribution in [1.82, 2.24) is 0 Å². The first-order valence-electron chi connectivity index (χ1n) is 7.17. The Morgan fingerprint density at radius 3 is 1.90 bits per heavy atom. The summed E-state index contributed by atoms with van der Waals surface area (Å²) in [5.41, 5.74) is 2.86. The first kappa shape index (κ1) is 15.0. The molecule has 0 bridgehead atoms. The normalized spacial score (nSPS) is 10.4. The van der Waals surface area contributed by atoms with Crippen molar-refractivity contribution < 1.29 is 9.53 Å². The topological polar surface area (TPSA) is 26.3 Å². The van der Waals surface area contributed by atoms with Gasteiger partial charge in [-0.25, -0.2) is 4.79 Å². The van der Waals surface area contributed by atoms with Crippen LogP contribution in [0, 0.1) is 0 Å². The van der Waals surface area contributed by atoms with Gasteiger partial charge in [-0.3, -0.25) is 0 Å². The van der Waals surface area contributed by atoms with E-state index < -0.39 is 0 Å². The van der Waals surface area contributed by atoms with Gasteiger partial charge in [-0.1, -0.05) is 67.2 Å². The fraction of sp³-hybridized carbons (Fsp3) is 0.211. The Labute approximate surface area is 126 Å². The molecule has 0 atom stereocenters. The third kappa shape index (κ3) is 4.06. The van der Waals surface area contributed by atoms with Gasteiger partial charge >= 0.3 is 5.97 Å². The molecule has 0 N–H and O–H groups in total. The molecule has 0 heterocycles. The molecule has 0 aliphatic carbocycles. The SMILES string of the molecule is C=C(CC(c1ccccc1)c1ccccc1)C(=O)OCC. The van der Waals surface area contributed by atoms with E-state index in [-0.39, 0.29) is 11.9 Å². The number of carbonyl (C=O) groups excluding carboxylic acids is 1. The van der Waals surface area contributed by atoms with Crippen LogP contribution in [-0.4, -0.2) is 12.6 Å². The maximum atomic E-state index is 11.8. The van der Waals surface area contributed by atoms with Crippen molar-refractivity contribution in [3.63, 3.8) is 0 Å². The van der Waals surface area contributed by atoms with E-state index in [0.29, 0.717) is 18.6 Å². The molecule has 2 heteroatoms. The highest BCUT2D eigenvalue weighted by Gasteiger charge is 2.18. The average Bonchev–Trinajstić information content (AvgIpc) is 2.54. The van der Waals surface area contributed by atoms with E-state index in [1.807, 2.05) is 36.4 Å². The third-order valence-electron chi connectivity index (χ3n) is 3.42. The van der Waals surface area contributed by atoms with Crippen LogP contribution >= 0.6 is 0 Å². The zero-order valence-corrected chi connectivity index (χ0v) is 12.3. The Bertz CT molecular complexity index is 548. The van der Waals surface area contributed by atoms with Crippen molar-refractivity contribution in [1.29, 1.82) is 0 Å². The number of benzene rings is 2. The van der Waals surface area contributed by atoms with Gasteiger partial charge in [0.15, 0.2) is 0 Å². The summed E-state index contributed by atoms with van der Waals surface area (Å²) in [6.07, 6.45) is 0.562. The second-order valence-electron chi connectivity index (χ2n) is 4.90. The van der Waals surface area contributed by atoms with Crippen LogP contribution in [0.3, 0.4) is 0 Å². The molecule has 0 aromatic heterocycles. The molecule has 0 spiro atoms. The zero-order valence-electron chi connectivity index (χ0n) is 12.3. The number of carbonyl (C=O) groups is 1. The molecular formula is C19H20O2. The van der Waals surface area contributed by atoms with Gasteiger partial charge in [0, 0.05) is 11.5 Å². The highest BCUT2D eigenvalue weighted by atomic mass is 16.5. The number of hydrogen-bond acceptors (Lipinski definition) is 2. The van der Waals surface area contributed by atoms with Crippen molar-refractivity contribution >= 4 is 5.97 Å². The maximum Gasteiger partial charge on any atom is 0.333 e. The van der Waals surface area contributed by atoms with E-state index in [0.717, 1.165) is 0 Å². The smallest absolute Gasteiger partial charge is 0.333 e. The van der Waals surface area contributed by atoms with E-state index in [1.54, 1.807) is 6.92 Å². The lowest BCUT2D eigenvalue weighted by molar-refractivity contribution is -0.138. The number of rotatable bonds is 6. The molecule has 2 nitrogen and oxygen atoms in total.